The van der Waals surface area contributed by atoms with Crippen LogP contribution >= 0.6 is 77.2 Å². The number of nitrogens with two attached hydrogens (primary N) is 2. The van der Waals surface area contributed by atoms with Crippen LogP contribution in [0.15, 0.2) is 97.1 Å². The van der Waals surface area contributed by atoms with E-state index in [9.17, 15) is 35.9 Å². The average Bonchev–Trinajstić information content (AvgIpc) is 1.15. The number of aromatic nitrogens is 4. The van der Waals surface area contributed by atoms with E-state index in [0.29, 0.717) is 74.5 Å². The molecule has 18 nitrogen and oxygen atoms in total. The van der Waals surface area contributed by atoms with Crippen molar-refractivity contribution in [3.8, 4) is 12.0 Å². The molecule has 1 amide bonds. The van der Waals surface area contributed by atoms with Gasteiger partial charge in [0, 0.05) is 70.9 Å². The number of likely N-dealkylation sites (tertiary alicyclic amines) is 2. The van der Waals surface area contributed by atoms with Crippen LogP contribution in [0, 0.1) is 19.1 Å². The number of likely N-dealkylation sites (N-methyl/N-ethyl adjacent to an activating group) is 3. The van der Waals surface area contributed by atoms with Crippen molar-refractivity contribution in [1.29, 1.82) is 0 Å². The zero-order chi connectivity index (χ0) is 68.3. The van der Waals surface area contributed by atoms with Crippen LogP contribution in [-0.4, -0.2) is 155 Å². The molecule has 4 aliphatic heterocycles. The number of halogens is 8. The number of ether oxygens (including phenoxy) is 2. The molecule has 97 heavy (non-hydrogen) atoms. The van der Waals surface area contributed by atoms with Gasteiger partial charge in [-0.15, -0.1) is 0 Å². The van der Waals surface area contributed by atoms with Gasteiger partial charge in [0.1, 0.15) is 42.0 Å². The summed E-state index contributed by atoms with van der Waals surface area (Å²) in [5.41, 5.74) is 15.6. The summed E-state index contributed by atoms with van der Waals surface area (Å²) in [6.07, 6.45) is -0.825. The first-order valence-corrected chi connectivity index (χ1v) is 31.4. The second-order valence-corrected chi connectivity index (χ2v) is 24.0. The van der Waals surface area contributed by atoms with E-state index >= 15 is 0 Å². The van der Waals surface area contributed by atoms with Gasteiger partial charge in [0.05, 0.1) is 34.5 Å². The Morgan fingerprint density at radius 3 is 1.40 bits per heavy atom. The summed E-state index contributed by atoms with van der Waals surface area (Å²) < 4.78 is 82.3. The molecule has 10 rings (SSSR count). The van der Waals surface area contributed by atoms with Crippen molar-refractivity contribution >= 4 is 134 Å². The number of fused-ring (bicyclic) bond motifs is 4. The van der Waals surface area contributed by atoms with Crippen LogP contribution in [0.2, 0.25) is 10.0 Å². The standard InChI is InChI=1S/2C23H26ClN5O.C10H13F3N2O.C7H13N.C4H3F3O2.4H2S/c2*1-28-11-4-7-16(28)14-30-23-26-19-13-29(12-10-17(19)22(25)27-23)20-9-3-6-15-5-2-8-18(24)21(15)20;1-5-15(7(2)6-14-4)9(16)8(3)10(11,12)13;1-4-5-7(2)6-8-3;1-2(3(8)9)4(5,6)7;;;;/h2*2-3,5-6,8-9,16H,4,7,10-14H2,1H3,(H2,25,26,27);7H,3,5-6H2,1-2H3;7H,4-6H2,1-2H3;1H2,(H,8,9);4*1H2/t2*16-;2*7-;;;;;/m0010...../s1. The van der Waals surface area contributed by atoms with Gasteiger partial charge in [-0.25, -0.2) is 17.9 Å². The summed E-state index contributed by atoms with van der Waals surface area (Å²) in [5, 5.41) is 13.7. The number of carbonyl (C=O) groups excluding carboxylic acids is 1. The Hall–Kier alpha value is -6.76. The second kappa shape index (κ2) is 40.3. The van der Waals surface area contributed by atoms with Crippen LogP contribution in [0.1, 0.15) is 88.7 Å². The minimum atomic E-state index is -4.81. The van der Waals surface area contributed by atoms with Gasteiger partial charge in [0.25, 0.3) is 5.91 Å². The van der Waals surface area contributed by atoms with E-state index in [4.69, 9.17) is 72.4 Å². The zero-order valence-corrected chi connectivity index (χ0v) is 60.8. The quantitative estimate of drug-likeness (QED) is 0.0469. The van der Waals surface area contributed by atoms with Crippen molar-refractivity contribution in [1.82, 2.24) is 34.6 Å². The third-order valence-electron chi connectivity index (χ3n) is 16.5. The van der Waals surface area contributed by atoms with Crippen molar-refractivity contribution in [3.63, 3.8) is 0 Å². The summed E-state index contributed by atoms with van der Waals surface area (Å²) in [6.45, 7) is 32.8. The predicted molar refractivity (Wildman–Crippen MR) is 396 cm³/mol. The summed E-state index contributed by atoms with van der Waals surface area (Å²) in [6, 6.07) is 25.7. The molecule has 2 aromatic heterocycles. The van der Waals surface area contributed by atoms with Crippen molar-refractivity contribution in [3.05, 3.63) is 152 Å². The van der Waals surface area contributed by atoms with Crippen molar-refractivity contribution in [2.24, 2.45) is 5.92 Å². The summed E-state index contributed by atoms with van der Waals surface area (Å²) in [7, 11) is 4.27. The van der Waals surface area contributed by atoms with E-state index in [1.165, 1.54) is 32.6 Å². The van der Waals surface area contributed by atoms with Crippen molar-refractivity contribution < 1.29 is 50.5 Å². The normalized spacial score (nSPS) is 16.1. The Morgan fingerprint density at radius 1 is 0.670 bits per heavy atom. The van der Waals surface area contributed by atoms with Crippen molar-refractivity contribution in [2.75, 3.05) is 94.4 Å². The summed E-state index contributed by atoms with van der Waals surface area (Å²) in [4.78, 5) is 55.9. The maximum atomic E-state index is 12.2. The Kier molecular flexibility index (Phi) is 35.9. The number of anilines is 4. The molecular formula is C67H89Cl2F6N13O5S4. The number of alkyl halides is 6. The fourth-order valence-electron chi connectivity index (χ4n) is 11.3. The lowest BCUT2D eigenvalue weighted by Crippen LogP contribution is -2.42. The fourth-order valence-corrected chi connectivity index (χ4v) is 11.8. The number of hydrogen-bond donors (Lipinski definition) is 3. The average molecular weight is 1470 g/mol. The van der Waals surface area contributed by atoms with Crippen LogP contribution in [0.25, 0.3) is 31.2 Å². The lowest BCUT2D eigenvalue weighted by atomic mass is 10.0. The minimum Gasteiger partial charge on any atom is -0.478 e. The third-order valence-corrected chi connectivity index (χ3v) is 17.2. The van der Waals surface area contributed by atoms with E-state index in [0.717, 1.165) is 122 Å². The van der Waals surface area contributed by atoms with Crippen LogP contribution in [0.4, 0.5) is 49.4 Å². The van der Waals surface area contributed by atoms with Crippen LogP contribution in [0.5, 0.6) is 12.0 Å². The Labute approximate surface area is 602 Å². The largest absolute Gasteiger partial charge is 0.478 e. The lowest BCUT2D eigenvalue weighted by molar-refractivity contribution is -0.145. The molecule has 5 N–H and O–H groups in total. The lowest BCUT2D eigenvalue weighted by Gasteiger charge is -2.31. The summed E-state index contributed by atoms with van der Waals surface area (Å²) in [5.74, 6) is -1.53. The molecule has 0 radical (unpaired) electrons. The van der Waals surface area contributed by atoms with E-state index < -0.39 is 41.4 Å². The van der Waals surface area contributed by atoms with Gasteiger partial charge in [-0.3, -0.25) is 4.79 Å². The molecule has 2 fully saturated rings. The van der Waals surface area contributed by atoms with Crippen LogP contribution < -0.4 is 30.7 Å². The van der Waals surface area contributed by atoms with E-state index in [1.54, 1.807) is 6.92 Å². The van der Waals surface area contributed by atoms with Gasteiger partial charge in [-0.05, 0) is 121 Å². The number of carbonyl (C=O) groups is 2. The molecule has 4 atom stereocenters. The number of amides is 1. The van der Waals surface area contributed by atoms with E-state index in [2.05, 4.69) is 129 Å². The fraction of sp³-hybridized carbons (Fsp3) is 0.463. The molecule has 532 valence electrons. The number of aliphatic carboxylic acids is 1. The third kappa shape index (κ3) is 24.0. The van der Waals surface area contributed by atoms with E-state index in [1.807, 2.05) is 24.3 Å². The van der Waals surface area contributed by atoms with Gasteiger partial charge in [0.2, 0.25) is 13.1 Å². The molecule has 6 aromatic rings. The number of nitrogen functional groups attached to an aromatic ring is 2. The number of nitrogens with zero attached hydrogens (tertiary/aromatic N) is 11. The maximum Gasteiger partial charge on any atom is 0.422 e. The number of hydrogen-bond acceptors (Lipinski definition) is 14. The van der Waals surface area contributed by atoms with Crippen LogP contribution in [0.3, 0.4) is 0 Å². The SMILES string of the molecule is C=C(C(=O)O)C(F)(F)F.CN1CCC[C@H]1COc1nc(N)c2c(n1)CN(c1cccc3cccc(Cl)c13)CC2.CN1CCC[C@H]1COc1nc(N)c2c(n1)CN(c1cccc3cccc(Cl)c13)CC2.S.S.S.S.[C-]#[N+]C[C@@H](C)CCC.[C-]#[N+]C[C@@H](C)N(CC)C(=O)C(=C)C(F)(F)F. The van der Waals surface area contributed by atoms with Gasteiger partial charge in [-0.2, -0.15) is 100 Å². The molecule has 6 heterocycles. The molecule has 0 spiro atoms. The Balaban J connectivity index is 0.000000447. The highest BCUT2D eigenvalue weighted by molar-refractivity contribution is 7.59. The smallest absolute Gasteiger partial charge is 0.422 e. The topological polar surface area (TPSA) is 201 Å². The van der Waals surface area contributed by atoms with Gasteiger partial charge >= 0.3 is 30.3 Å². The first-order valence-electron chi connectivity index (χ1n) is 30.7. The number of rotatable bonds is 16. The molecule has 4 aliphatic rings. The second-order valence-electron chi connectivity index (χ2n) is 23.2. The number of carboxylic acids is 1. The molecule has 4 aromatic carbocycles. The first-order chi connectivity index (χ1) is 44.1. The van der Waals surface area contributed by atoms with Crippen molar-refractivity contribution in [2.45, 2.75) is 123 Å². The number of carboxylic acid groups (broad SMARTS) is 1. The molecular weight excluding hydrogens is 1380 g/mol. The number of benzene rings is 4. The Morgan fingerprint density at radius 2 is 1.07 bits per heavy atom. The minimum absolute atomic E-state index is 0. The highest BCUT2D eigenvalue weighted by Crippen LogP contribution is 2.38. The summed E-state index contributed by atoms with van der Waals surface area (Å²) >= 11 is 13.1. The highest BCUT2D eigenvalue weighted by Gasteiger charge is 2.40. The van der Waals surface area contributed by atoms with Crippen LogP contribution in [-0.2, 0) is 35.5 Å². The molecule has 0 bridgehead atoms. The van der Waals surface area contributed by atoms with Gasteiger partial charge in [-0.1, -0.05) is 105 Å². The van der Waals surface area contributed by atoms with Gasteiger partial charge in [0.15, 0.2) is 0 Å². The zero-order valence-electron chi connectivity index (χ0n) is 55.3. The highest BCUT2D eigenvalue weighted by atomic mass is 35.5. The molecule has 2 saturated heterocycles. The van der Waals surface area contributed by atoms with Gasteiger partial charge < -0.3 is 60.2 Å². The molecule has 0 unspecified atom stereocenters. The first kappa shape index (κ1) is 86.3. The monoisotopic (exact) mass is 1470 g/mol. The van der Waals surface area contributed by atoms with E-state index in [-0.39, 0.29) is 67.1 Å². The molecule has 0 aliphatic carbocycles. The Bertz CT molecular complexity index is 3500. The maximum absolute atomic E-state index is 12.2. The molecule has 0 saturated carbocycles. The predicted octanol–water partition coefficient (Wildman–Crippen LogP) is 14.0. The molecule has 30 heteroatoms.